The molecule has 0 radical (unpaired) electrons. The molecule has 14 unspecified atom stereocenters. The molecule has 11 nitrogen and oxygen atoms in total. The van der Waals surface area contributed by atoms with Gasteiger partial charge in [0, 0.05) is 6.42 Å². The van der Waals surface area contributed by atoms with Crippen molar-refractivity contribution in [3.05, 3.63) is 0 Å². The Bertz CT molecular complexity index is 1030. The minimum Gasteiger partial charge on any atom is -0.726 e. The van der Waals surface area contributed by atoms with Crippen molar-refractivity contribution >= 4 is 16.4 Å². The molecule has 0 heterocycles. The van der Waals surface area contributed by atoms with Gasteiger partial charge in [-0.2, -0.15) is 0 Å². The van der Waals surface area contributed by atoms with Crippen molar-refractivity contribution in [2.45, 2.75) is 129 Å². The van der Waals surface area contributed by atoms with E-state index in [1.54, 1.807) is 7.05 Å². The van der Waals surface area contributed by atoms with E-state index in [-0.39, 0.29) is 58.9 Å². The number of rotatable bonds is 9. The summed E-state index contributed by atoms with van der Waals surface area (Å²) in [5.41, 5.74) is 2.87. The minimum absolute atomic E-state index is 0.00858. The number of aliphatic hydroxyl groups is 4. The van der Waals surface area contributed by atoms with Gasteiger partial charge in [-0.3, -0.25) is 8.98 Å². The van der Waals surface area contributed by atoms with E-state index in [9.17, 15) is 38.2 Å². The van der Waals surface area contributed by atoms with E-state index in [2.05, 4.69) is 30.7 Å². The van der Waals surface area contributed by atoms with Crippen LogP contribution in [-0.2, 0) is 24.1 Å². The number of fused-ring (bicyclic) bond motifs is 5. The van der Waals surface area contributed by atoms with Gasteiger partial charge in [0.1, 0.15) is 12.2 Å². The van der Waals surface area contributed by atoms with Gasteiger partial charge in [0.2, 0.25) is 10.4 Å². The third-order valence-electron chi connectivity index (χ3n) is 11.8. The van der Waals surface area contributed by atoms with Crippen LogP contribution in [0, 0.1) is 46.3 Å². The molecule has 42 heavy (non-hydrogen) atoms. The van der Waals surface area contributed by atoms with Crippen LogP contribution in [0.2, 0.25) is 0 Å². The average molecular weight is 622 g/mol. The van der Waals surface area contributed by atoms with E-state index >= 15 is 0 Å². The summed E-state index contributed by atoms with van der Waals surface area (Å²) in [7, 11) is -3.34. The van der Waals surface area contributed by atoms with Gasteiger partial charge < -0.3 is 35.4 Å². The van der Waals surface area contributed by atoms with Gasteiger partial charge in [0.25, 0.3) is 0 Å². The van der Waals surface area contributed by atoms with Crippen LogP contribution >= 0.6 is 0 Å². The van der Waals surface area contributed by atoms with Crippen molar-refractivity contribution < 1.29 is 52.8 Å². The number of hydrogen-bond acceptors (Lipinski definition) is 10. The fourth-order valence-corrected chi connectivity index (χ4v) is 10.3. The van der Waals surface area contributed by atoms with Crippen molar-refractivity contribution in [3.63, 3.8) is 0 Å². The van der Waals surface area contributed by atoms with Crippen LogP contribution < -0.4 is 5.73 Å². The smallest absolute Gasteiger partial charge is 0.306 e. The molecule has 0 aromatic carbocycles. The number of ether oxygens (including phenoxy) is 1. The zero-order valence-electron chi connectivity index (χ0n) is 26.1. The summed E-state index contributed by atoms with van der Waals surface area (Å²) in [6.07, 6.45) is 0.882. The van der Waals surface area contributed by atoms with Crippen LogP contribution in [0.5, 0.6) is 0 Å². The van der Waals surface area contributed by atoms with Crippen LogP contribution in [0.25, 0.3) is 0 Å². The molecule has 7 N–H and O–H groups in total. The summed E-state index contributed by atoms with van der Waals surface area (Å²) < 4.78 is 42.7. The Kier molecular flexibility index (Phi) is 11.6. The molecule has 4 saturated carbocycles. The standard InChI is InChI=1S/C29H50O10S.CH5N/c1-15(6-9-25(34)38-17(3)27(16(2)30)39-40(35,36)37)20-7-8-21-26-22(14-24(33)29(20,21)5)28(4)11-10-19(31)12-18(28)13-23(26)32;1-2/h15-24,26-27,30-33H,6-14H2,1-5H3,(H,35,36,37);2H2,1H3. The molecule has 0 aliphatic heterocycles. The zero-order chi connectivity index (χ0) is 31.8. The summed E-state index contributed by atoms with van der Waals surface area (Å²) in [6.45, 7) is 9.17. The number of carbonyl (C=O) groups excluding carboxylic acids is 1. The predicted octanol–water partition coefficient (Wildman–Crippen LogP) is 1.38. The van der Waals surface area contributed by atoms with Crippen LogP contribution in [0.3, 0.4) is 0 Å². The number of hydrogen-bond donors (Lipinski definition) is 5. The molecule has 0 bridgehead atoms. The third-order valence-corrected chi connectivity index (χ3v) is 12.3. The van der Waals surface area contributed by atoms with Crippen LogP contribution in [0.15, 0.2) is 0 Å². The first kappa shape index (κ1) is 35.6. The molecular weight excluding hydrogens is 566 g/mol. The van der Waals surface area contributed by atoms with Gasteiger partial charge in [0.15, 0.2) is 0 Å². The van der Waals surface area contributed by atoms with E-state index < -0.39 is 46.9 Å². The van der Waals surface area contributed by atoms with Crippen LogP contribution in [-0.4, -0.2) is 83.0 Å². The van der Waals surface area contributed by atoms with Crippen molar-refractivity contribution in [2.24, 2.45) is 46.3 Å². The molecule has 0 amide bonds. The second kappa shape index (κ2) is 13.6. The van der Waals surface area contributed by atoms with Crippen molar-refractivity contribution in [3.8, 4) is 0 Å². The van der Waals surface area contributed by atoms with Crippen molar-refractivity contribution in [1.82, 2.24) is 0 Å². The van der Waals surface area contributed by atoms with Crippen molar-refractivity contribution in [2.75, 3.05) is 7.05 Å². The van der Waals surface area contributed by atoms with E-state index in [0.29, 0.717) is 19.3 Å². The van der Waals surface area contributed by atoms with E-state index in [0.717, 1.165) is 32.1 Å². The molecule has 246 valence electrons. The lowest BCUT2D eigenvalue weighted by Crippen LogP contribution is -2.62. The molecular formula is C30H55NO10S. The Morgan fingerprint density at radius 3 is 2.26 bits per heavy atom. The molecule has 0 aromatic heterocycles. The summed E-state index contributed by atoms with van der Waals surface area (Å²) in [5.74, 6) is 0.436. The van der Waals surface area contributed by atoms with E-state index in [1.807, 2.05) is 0 Å². The monoisotopic (exact) mass is 621 g/mol. The highest BCUT2D eigenvalue weighted by molar-refractivity contribution is 7.80. The van der Waals surface area contributed by atoms with Gasteiger partial charge in [-0.25, -0.2) is 8.42 Å². The van der Waals surface area contributed by atoms with Gasteiger partial charge in [-0.05, 0) is 112 Å². The first-order valence-electron chi connectivity index (χ1n) is 15.8. The SMILES string of the molecule is CC(O)C(OS(=O)(=O)[O-])C(C)OC(=O)CCC(C)C1CCC2C3C(O)CC4CC(O)CCC4(C)C3CC(O)C12C.C[NH3+]. The third kappa shape index (κ3) is 7.01. The molecule has 12 heteroatoms. The molecule has 14 atom stereocenters. The highest BCUT2D eigenvalue weighted by atomic mass is 32.3. The number of aliphatic hydroxyl groups excluding tert-OH is 4. The number of esters is 1. The second-order valence-corrected chi connectivity index (χ2v) is 15.0. The second-order valence-electron chi connectivity index (χ2n) is 13.9. The largest absolute Gasteiger partial charge is 0.726 e. The molecule has 0 spiro atoms. The molecule has 4 rings (SSSR count). The zero-order valence-corrected chi connectivity index (χ0v) is 27.0. The maximum atomic E-state index is 12.6. The first-order chi connectivity index (χ1) is 19.5. The summed E-state index contributed by atoms with van der Waals surface area (Å²) in [6, 6.07) is 0. The molecule has 4 aliphatic rings. The minimum atomic E-state index is -5.09. The number of quaternary nitrogens is 1. The Morgan fingerprint density at radius 2 is 1.67 bits per heavy atom. The quantitative estimate of drug-likeness (QED) is 0.142. The van der Waals surface area contributed by atoms with Gasteiger partial charge in [0.05, 0.1) is 31.5 Å². The highest BCUT2D eigenvalue weighted by Crippen LogP contribution is 2.68. The maximum Gasteiger partial charge on any atom is 0.306 e. The summed E-state index contributed by atoms with van der Waals surface area (Å²) >= 11 is 0. The lowest BCUT2D eigenvalue weighted by atomic mass is 9.43. The first-order valence-corrected chi connectivity index (χ1v) is 17.1. The lowest BCUT2D eigenvalue weighted by Gasteiger charge is -2.63. The van der Waals surface area contributed by atoms with Gasteiger partial charge in [-0.15, -0.1) is 0 Å². The van der Waals surface area contributed by atoms with E-state index in [1.165, 1.54) is 13.8 Å². The molecule has 0 saturated heterocycles. The Morgan fingerprint density at radius 1 is 1.02 bits per heavy atom. The van der Waals surface area contributed by atoms with Gasteiger partial charge >= 0.3 is 5.97 Å². The Hall–Kier alpha value is -0.860. The topological polar surface area (TPSA) is 201 Å². The van der Waals surface area contributed by atoms with Crippen LogP contribution in [0.4, 0.5) is 0 Å². The van der Waals surface area contributed by atoms with Gasteiger partial charge in [-0.1, -0.05) is 20.8 Å². The number of carbonyl (C=O) groups is 1. The highest BCUT2D eigenvalue weighted by Gasteiger charge is 2.65. The van der Waals surface area contributed by atoms with Crippen LogP contribution in [0.1, 0.15) is 92.4 Å². The molecule has 4 aliphatic carbocycles. The fraction of sp³-hybridized carbons (Fsp3) is 0.967. The summed E-state index contributed by atoms with van der Waals surface area (Å²) in [5, 5.41) is 43.2. The summed E-state index contributed by atoms with van der Waals surface area (Å²) in [4.78, 5) is 12.6. The fourth-order valence-electron chi connectivity index (χ4n) is 9.70. The Labute approximate surface area is 251 Å². The lowest BCUT2D eigenvalue weighted by molar-refractivity contribution is -0.325. The van der Waals surface area contributed by atoms with Crippen molar-refractivity contribution in [1.29, 1.82) is 0 Å². The van der Waals surface area contributed by atoms with E-state index in [4.69, 9.17) is 4.74 Å². The molecule has 4 fully saturated rings. The molecule has 0 aromatic rings. The maximum absolute atomic E-state index is 12.6. The normalized spacial score (nSPS) is 42.5. The Balaban J connectivity index is 0.00000237. The average Bonchev–Trinajstić information content (AvgIpc) is 3.26. The predicted molar refractivity (Wildman–Crippen MR) is 153 cm³/mol.